The highest BCUT2D eigenvalue weighted by Crippen LogP contribution is 2.31. The van der Waals surface area contributed by atoms with E-state index in [-0.39, 0.29) is 11.9 Å². The summed E-state index contributed by atoms with van der Waals surface area (Å²) in [6, 6.07) is 9.01. The van der Waals surface area contributed by atoms with Gasteiger partial charge in [0.1, 0.15) is 0 Å². The molecule has 0 aliphatic heterocycles. The smallest absolute Gasteiger partial charge is 0.230 e. The highest BCUT2D eigenvalue weighted by molar-refractivity contribution is 8.03. The van der Waals surface area contributed by atoms with Crippen LogP contribution in [0.5, 0.6) is 0 Å². The van der Waals surface area contributed by atoms with Crippen LogP contribution < -0.4 is 5.32 Å². The first kappa shape index (κ1) is 23.2. The molecule has 1 aromatic carbocycles. The molecule has 0 aliphatic carbocycles. The van der Waals surface area contributed by atoms with E-state index in [0.717, 1.165) is 20.9 Å². The maximum atomic E-state index is 12.1. The number of aromatic nitrogens is 2. The molecule has 1 N–H and O–H groups in total. The van der Waals surface area contributed by atoms with Crippen LogP contribution in [-0.2, 0) is 10.5 Å². The Morgan fingerprint density at radius 1 is 1.07 bits per heavy atom. The predicted octanol–water partition coefficient (Wildman–Crippen LogP) is 6.13. The van der Waals surface area contributed by atoms with Crippen molar-refractivity contribution >= 4 is 40.8 Å². The highest BCUT2D eigenvalue weighted by Gasteiger charge is 2.11. The summed E-state index contributed by atoms with van der Waals surface area (Å²) in [4.78, 5) is 12.1. The number of amides is 1. The Morgan fingerprint density at radius 2 is 1.75 bits per heavy atom. The minimum absolute atomic E-state index is 0.0728. The molecule has 1 amide bonds. The Labute approximate surface area is 181 Å². The average molecular weight is 438 g/mol. The summed E-state index contributed by atoms with van der Waals surface area (Å²) in [6.45, 7) is 8.68. The van der Waals surface area contributed by atoms with Crippen molar-refractivity contribution in [1.82, 2.24) is 15.5 Å². The zero-order chi connectivity index (χ0) is 20.4. The summed E-state index contributed by atoms with van der Waals surface area (Å²) in [5.41, 5.74) is 2.65. The summed E-state index contributed by atoms with van der Waals surface area (Å²) >= 11 is 4.72. The van der Waals surface area contributed by atoms with Gasteiger partial charge in [0.25, 0.3) is 0 Å². The average Bonchev–Trinajstić information content (AvgIpc) is 3.13. The van der Waals surface area contributed by atoms with Crippen LogP contribution >= 0.6 is 34.9 Å². The van der Waals surface area contributed by atoms with Crippen LogP contribution in [0.4, 0.5) is 0 Å². The summed E-state index contributed by atoms with van der Waals surface area (Å²) in [7, 11) is 0. The second kappa shape index (κ2) is 12.5. The number of benzene rings is 1. The fourth-order valence-corrected chi connectivity index (χ4v) is 5.46. The zero-order valence-electron chi connectivity index (χ0n) is 17.2. The Morgan fingerprint density at radius 3 is 2.39 bits per heavy atom. The third-order valence-electron chi connectivity index (χ3n) is 4.37. The number of carbonyl (C=O) groups excluding carboxylic acids is 1. The molecule has 0 saturated carbocycles. The van der Waals surface area contributed by atoms with Gasteiger partial charge in [-0.05, 0) is 30.4 Å². The van der Waals surface area contributed by atoms with Gasteiger partial charge in [-0.1, -0.05) is 99.2 Å². The number of carbonyl (C=O) groups is 1. The van der Waals surface area contributed by atoms with E-state index in [4.69, 9.17) is 0 Å². The van der Waals surface area contributed by atoms with Crippen molar-refractivity contribution in [2.45, 2.75) is 79.8 Å². The highest BCUT2D eigenvalue weighted by atomic mass is 32.2. The van der Waals surface area contributed by atoms with E-state index in [0.29, 0.717) is 11.7 Å². The molecule has 0 radical (unpaired) electrons. The molecule has 7 heteroatoms. The molecule has 154 valence electrons. The third-order valence-corrected chi connectivity index (χ3v) is 7.63. The fraction of sp³-hybridized carbons (Fsp3) is 0.571. The van der Waals surface area contributed by atoms with Crippen molar-refractivity contribution < 1.29 is 4.79 Å². The molecule has 1 atom stereocenters. The van der Waals surface area contributed by atoms with E-state index in [1.807, 2.05) is 0 Å². The number of hydrogen-bond acceptors (Lipinski definition) is 6. The Hall–Kier alpha value is -1.05. The number of nitrogens with one attached hydrogen (secondary N) is 1. The van der Waals surface area contributed by atoms with Crippen LogP contribution in [0.15, 0.2) is 32.9 Å². The third kappa shape index (κ3) is 8.53. The van der Waals surface area contributed by atoms with Crippen LogP contribution in [0.2, 0.25) is 0 Å². The monoisotopic (exact) mass is 437 g/mol. The van der Waals surface area contributed by atoms with Gasteiger partial charge in [0.2, 0.25) is 5.91 Å². The van der Waals surface area contributed by atoms with Crippen LogP contribution in [0.25, 0.3) is 0 Å². The minimum atomic E-state index is 0.0728. The molecular formula is C21H31N3OS3. The van der Waals surface area contributed by atoms with Gasteiger partial charge in [-0.2, -0.15) is 0 Å². The quantitative estimate of drug-likeness (QED) is 0.320. The first-order valence-corrected chi connectivity index (χ1v) is 12.7. The van der Waals surface area contributed by atoms with Gasteiger partial charge < -0.3 is 5.32 Å². The van der Waals surface area contributed by atoms with Crippen molar-refractivity contribution in [2.75, 3.05) is 5.75 Å². The largest absolute Gasteiger partial charge is 0.353 e. The van der Waals surface area contributed by atoms with Gasteiger partial charge in [0, 0.05) is 11.8 Å². The van der Waals surface area contributed by atoms with E-state index >= 15 is 0 Å². The lowest BCUT2D eigenvalue weighted by Crippen LogP contribution is -2.33. The fourth-order valence-electron chi connectivity index (χ4n) is 2.67. The minimum Gasteiger partial charge on any atom is -0.353 e. The van der Waals surface area contributed by atoms with Gasteiger partial charge in [-0.15, -0.1) is 10.2 Å². The van der Waals surface area contributed by atoms with Crippen molar-refractivity contribution in [3.8, 4) is 0 Å². The molecule has 0 bridgehead atoms. The van der Waals surface area contributed by atoms with Crippen LogP contribution in [-0.4, -0.2) is 27.9 Å². The zero-order valence-corrected chi connectivity index (χ0v) is 19.7. The Bertz CT molecular complexity index is 716. The molecule has 1 heterocycles. The van der Waals surface area contributed by atoms with Crippen molar-refractivity contribution in [2.24, 2.45) is 0 Å². The van der Waals surface area contributed by atoms with Gasteiger partial charge in [-0.25, -0.2) is 0 Å². The van der Waals surface area contributed by atoms with E-state index in [1.54, 1.807) is 23.1 Å². The lowest BCUT2D eigenvalue weighted by atomic mass is 10.0. The second-order valence-electron chi connectivity index (χ2n) is 7.27. The van der Waals surface area contributed by atoms with Crippen LogP contribution in [0.3, 0.4) is 0 Å². The Kier molecular flexibility index (Phi) is 10.4. The number of rotatable bonds is 12. The number of hydrogen-bond donors (Lipinski definition) is 1. The van der Waals surface area contributed by atoms with Gasteiger partial charge in [-0.3, -0.25) is 4.79 Å². The molecule has 0 fully saturated rings. The lowest BCUT2D eigenvalue weighted by molar-refractivity contribution is -0.119. The van der Waals surface area contributed by atoms with E-state index in [9.17, 15) is 4.79 Å². The summed E-state index contributed by atoms with van der Waals surface area (Å²) in [6.07, 6.45) is 4.64. The lowest BCUT2D eigenvalue weighted by Gasteiger charge is -2.12. The summed E-state index contributed by atoms with van der Waals surface area (Å²) < 4.78 is 1.80. The van der Waals surface area contributed by atoms with Gasteiger partial charge in [0.05, 0.1) is 5.75 Å². The Balaban J connectivity index is 1.71. The molecule has 0 saturated heterocycles. The topological polar surface area (TPSA) is 54.9 Å². The maximum Gasteiger partial charge on any atom is 0.230 e. The molecular weight excluding hydrogens is 406 g/mol. The summed E-state index contributed by atoms with van der Waals surface area (Å²) in [5, 5.41) is 11.5. The molecule has 1 unspecified atom stereocenters. The van der Waals surface area contributed by atoms with Crippen molar-refractivity contribution in [3.05, 3.63) is 35.4 Å². The van der Waals surface area contributed by atoms with Crippen LogP contribution in [0.1, 0.15) is 70.4 Å². The number of thioether (sulfide) groups is 2. The first-order valence-electron chi connectivity index (χ1n) is 9.95. The molecule has 2 rings (SSSR count). The van der Waals surface area contributed by atoms with E-state index in [2.05, 4.69) is 67.5 Å². The van der Waals surface area contributed by atoms with Gasteiger partial charge in [0.15, 0.2) is 8.68 Å². The van der Waals surface area contributed by atoms with Crippen molar-refractivity contribution in [1.29, 1.82) is 0 Å². The number of nitrogens with zero attached hydrogens (tertiary/aromatic N) is 2. The number of unbranched alkanes of at least 4 members (excludes halogenated alkanes) is 2. The molecule has 4 nitrogen and oxygen atoms in total. The molecule has 0 spiro atoms. The molecule has 2 aromatic rings. The summed E-state index contributed by atoms with van der Waals surface area (Å²) in [5.74, 6) is 1.91. The maximum absolute atomic E-state index is 12.1. The molecule has 0 aliphatic rings. The van der Waals surface area contributed by atoms with E-state index in [1.165, 1.54) is 42.2 Å². The normalized spacial score (nSPS) is 12.3. The van der Waals surface area contributed by atoms with Crippen molar-refractivity contribution in [3.63, 3.8) is 0 Å². The van der Waals surface area contributed by atoms with E-state index < -0.39 is 0 Å². The molecule has 28 heavy (non-hydrogen) atoms. The second-order valence-corrected chi connectivity index (χ2v) is 10.7. The van der Waals surface area contributed by atoms with Gasteiger partial charge >= 0.3 is 0 Å². The SMILES string of the molecule is CCCCCC(C)NC(=O)CSc1nnc(SCc2ccc(C(C)C)cc2)s1. The predicted molar refractivity (Wildman–Crippen MR) is 122 cm³/mol. The first-order chi connectivity index (χ1) is 13.5. The molecule has 1 aromatic heterocycles. The van der Waals surface area contributed by atoms with Crippen LogP contribution in [0, 0.1) is 0 Å². The standard InChI is InChI=1S/C21H31N3OS3/c1-5-6-7-8-16(4)22-19(25)14-27-21-24-23-20(28-21)26-13-17-9-11-18(12-10-17)15(2)3/h9-12,15-16H,5-8,13-14H2,1-4H3,(H,22,25).